The molecule has 1 aliphatic rings. The van der Waals surface area contributed by atoms with Crippen molar-refractivity contribution in [3.8, 4) is 0 Å². The Kier molecular flexibility index (Phi) is 2.75. The van der Waals surface area contributed by atoms with Crippen LogP contribution in [0.1, 0.15) is 6.42 Å². The number of rotatable bonds is 1. The van der Waals surface area contributed by atoms with E-state index in [4.69, 9.17) is 17.1 Å². The van der Waals surface area contributed by atoms with Crippen LogP contribution in [-0.2, 0) is 4.84 Å². The molecule has 4 heteroatoms. The standard InChI is InChI=1S/C5H9NOS2/c1-9-5(8)7-6-3-2-4-6/h2-4H2,1H3. The Morgan fingerprint density at radius 2 is 2.33 bits per heavy atom. The summed E-state index contributed by atoms with van der Waals surface area (Å²) < 4.78 is 0.620. The minimum Gasteiger partial charge on any atom is -0.387 e. The zero-order chi connectivity index (χ0) is 6.69. The molecule has 1 rings (SSSR count). The second-order valence-electron chi connectivity index (χ2n) is 1.83. The molecule has 0 radical (unpaired) electrons. The highest BCUT2D eigenvalue weighted by Crippen LogP contribution is 2.10. The van der Waals surface area contributed by atoms with Crippen molar-refractivity contribution < 1.29 is 4.84 Å². The van der Waals surface area contributed by atoms with Gasteiger partial charge in [0.2, 0.25) is 4.38 Å². The summed E-state index contributed by atoms with van der Waals surface area (Å²) in [6, 6.07) is 0. The second kappa shape index (κ2) is 3.39. The normalized spacial score (nSPS) is 18.8. The molecule has 1 fully saturated rings. The summed E-state index contributed by atoms with van der Waals surface area (Å²) in [5, 5.41) is 1.87. The molecule has 1 heterocycles. The van der Waals surface area contributed by atoms with E-state index in [1.807, 2.05) is 11.3 Å². The van der Waals surface area contributed by atoms with Gasteiger partial charge in [-0.25, -0.2) is 0 Å². The predicted octanol–water partition coefficient (Wildman–Crippen LogP) is 1.27. The minimum absolute atomic E-state index is 0.620. The molecular weight excluding hydrogens is 154 g/mol. The molecule has 1 saturated heterocycles. The number of hydroxylamine groups is 2. The zero-order valence-electron chi connectivity index (χ0n) is 5.29. The minimum atomic E-state index is 0.620. The van der Waals surface area contributed by atoms with Gasteiger partial charge in [-0.3, -0.25) is 0 Å². The molecule has 0 unspecified atom stereocenters. The van der Waals surface area contributed by atoms with Gasteiger partial charge in [-0.2, -0.15) is 0 Å². The van der Waals surface area contributed by atoms with E-state index < -0.39 is 0 Å². The first-order valence-corrected chi connectivity index (χ1v) is 4.47. The van der Waals surface area contributed by atoms with Crippen molar-refractivity contribution in [1.82, 2.24) is 5.06 Å². The van der Waals surface area contributed by atoms with E-state index in [1.54, 1.807) is 0 Å². The van der Waals surface area contributed by atoms with Gasteiger partial charge >= 0.3 is 0 Å². The van der Waals surface area contributed by atoms with Crippen molar-refractivity contribution in [3.63, 3.8) is 0 Å². The number of hydrogen-bond acceptors (Lipinski definition) is 4. The highest BCUT2D eigenvalue weighted by Gasteiger charge is 2.15. The summed E-state index contributed by atoms with van der Waals surface area (Å²) in [4.78, 5) is 5.16. The Bertz CT molecular complexity index is 114. The highest BCUT2D eigenvalue weighted by molar-refractivity contribution is 8.22. The molecule has 0 aromatic carbocycles. The smallest absolute Gasteiger partial charge is 0.244 e. The van der Waals surface area contributed by atoms with Crippen LogP contribution in [0.15, 0.2) is 0 Å². The Labute approximate surface area is 64.5 Å². The van der Waals surface area contributed by atoms with Gasteiger partial charge < -0.3 is 4.84 Å². The fourth-order valence-corrected chi connectivity index (χ4v) is 0.807. The topological polar surface area (TPSA) is 12.5 Å². The lowest BCUT2D eigenvalue weighted by molar-refractivity contribution is -0.114. The molecule has 0 spiro atoms. The molecule has 0 atom stereocenters. The van der Waals surface area contributed by atoms with Gasteiger partial charge in [0.05, 0.1) is 0 Å². The van der Waals surface area contributed by atoms with Crippen molar-refractivity contribution in [3.05, 3.63) is 0 Å². The first-order chi connectivity index (χ1) is 4.33. The van der Waals surface area contributed by atoms with Crippen molar-refractivity contribution in [2.24, 2.45) is 0 Å². The van der Waals surface area contributed by atoms with Gasteiger partial charge in [0.15, 0.2) is 0 Å². The Morgan fingerprint density at radius 3 is 2.67 bits per heavy atom. The maximum Gasteiger partial charge on any atom is 0.244 e. The van der Waals surface area contributed by atoms with E-state index in [0.29, 0.717) is 4.38 Å². The molecule has 0 aromatic rings. The highest BCUT2D eigenvalue weighted by atomic mass is 32.2. The summed E-state index contributed by atoms with van der Waals surface area (Å²) in [5.74, 6) is 0. The lowest BCUT2D eigenvalue weighted by Gasteiger charge is -2.28. The summed E-state index contributed by atoms with van der Waals surface area (Å²) in [5.41, 5.74) is 0. The van der Waals surface area contributed by atoms with Crippen molar-refractivity contribution in [2.75, 3.05) is 19.3 Å². The van der Waals surface area contributed by atoms with Crippen molar-refractivity contribution in [2.45, 2.75) is 6.42 Å². The van der Waals surface area contributed by atoms with Crippen LogP contribution >= 0.6 is 24.0 Å². The Morgan fingerprint density at radius 1 is 1.67 bits per heavy atom. The SMILES string of the molecule is CSC(=S)ON1CCC1. The quantitative estimate of drug-likeness (QED) is 0.539. The molecule has 52 valence electrons. The molecule has 0 bridgehead atoms. The second-order valence-corrected chi connectivity index (χ2v) is 3.24. The van der Waals surface area contributed by atoms with E-state index in [0.717, 1.165) is 13.1 Å². The molecule has 0 amide bonds. The number of hydrogen-bond donors (Lipinski definition) is 0. The van der Waals surface area contributed by atoms with Crippen LogP contribution in [0.25, 0.3) is 0 Å². The molecule has 0 N–H and O–H groups in total. The van der Waals surface area contributed by atoms with Gasteiger partial charge in [0, 0.05) is 13.1 Å². The number of thioether (sulfide) groups is 1. The van der Waals surface area contributed by atoms with Crippen LogP contribution in [0.2, 0.25) is 0 Å². The number of nitrogens with zero attached hydrogens (tertiary/aromatic N) is 1. The third-order valence-corrected chi connectivity index (χ3v) is 2.17. The van der Waals surface area contributed by atoms with Crippen LogP contribution in [0, 0.1) is 0 Å². The first kappa shape index (κ1) is 7.31. The molecule has 0 aromatic heterocycles. The molecule has 0 saturated carbocycles. The first-order valence-electron chi connectivity index (χ1n) is 2.84. The van der Waals surface area contributed by atoms with Crippen molar-refractivity contribution >= 4 is 28.4 Å². The van der Waals surface area contributed by atoms with Gasteiger partial charge in [-0.05, 0) is 24.9 Å². The van der Waals surface area contributed by atoms with Crippen LogP contribution in [0.3, 0.4) is 0 Å². The van der Waals surface area contributed by atoms with Gasteiger partial charge in [-0.15, -0.1) is 5.06 Å². The average molecular weight is 163 g/mol. The Hall–Kier alpha value is 0.200. The number of thiocarbonyl (C=S) groups is 1. The maximum atomic E-state index is 5.16. The summed E-state index contributed by atoms with van der Waals surface area (Å²) in [7, 11) is 0. The van der Waals surface area contributed by atoms with Crippen LogP contribution in [-0.4, -0.2) is 28.8 Å². The summed E-state index contributed by atoms with van der Waals surface area (Å²) in [6.45, 7) is 2.06. The van der Waals surface area contributed by atoms with Gasteiger partial charge in [-0.1, -0.05) is 11.8 Å². The van der Waals surface area contributed by atoms with Crippen LogP contribution in [0.5, 0.6) is 0 Å². The average Bonchev–Trinajstić information content (AvgIpc) is 1.78. The van der Waals surface area contributed by atoms with E-state index in [1.165, 1.54) is 18.2 Å². The molecular formula is C5H9NOS2. The molecule has 2 nitrogen and oxygen atoms in total. The largest absolute Gasteiger partial charge is 0.387 e. The fourth-order valence-electron chi connectivity index (χ4n) is 0.521. The molecule has 0 aliphatic carbocycles. The zero-order valence-corrected chi connectivity index (χ0v) is 6.93. The fraction of sp³-hybridized carbons (Fsp3) is 0.800. The van der Waals surface area contributed by atoms with E-state index in [2.05, 4.69) is 0 Å². The molecule has 9 heavy (non-hydrogen) atoms. The van der Waals surface area contributed by atoms with Gasteiger partial charge in [0.25, 0.3) is 0 Å². The lowest BCUT2D eigenvalue weighted by atomic mass is 10.3. The van der Waals surface area contributed by atoms with Gasteiger partial charge in [0.1, 0.15) is 0 Å². The summed E-state index contributed by atoms with van der Waals surface area (Å²) >= 11 is 6.30. The van der Waals surface area contributed by atoms with Crippen LogP contribution in [0.4, 0.5) is 0 Å². The summed E-state index contributed by atoms with van der Waals surface area (Å²) in [6.07, 6.45) is 3.15. The monoisotopic (exact) mass is 163 g/mol. The van der Waals surface area contributed by atoms with Crippen LogP contribution < -0.4 is 0 Å². The van der Waals surface area contributed by atoms with E-state index in [9.17, 15) is 0 Å². The Balaban J connectivity index is 2.09. The maximum absolute atomic E-state index is 5.16. The van der Waals surface area contributed by atoms with E-state index in [-0.39, 0.29) is 0 Å². The third kappa shape index (κ3) is 2.12. The lowest BCUT2D eigenvalue weighted by Crippen LogP contribution is -2.37. The molecule has 1 aliphatic heterocycles. The third-order valence-electron chi connectivity index (χ3n) is 1.19. The van der Waals surface area contributed by atoms with E-state index >= 15 is 0 Å². The predicted molar refractivity (Wildman–Crippen MR) is 43.4 cm³/mol. The van der Waals surface area contributed by atoms with Crippen molar-refractivity contribution in [1.29, 1.82) is 0 Å².